The van der Waals surface area contributed by atoms with Gasteiger partial charge in [-0.15, -0.1) is 0 Å². The van der Waals surface area contributed by atoms with Crippen LogP contribution in [-0.4, -0.2) is 27.2 Å². The number of aromatic nitrogens is 3. The summed E-state index contributed by atoms with van der Waals surface area (Å²) in [6.07, 6.45) is -0.883. The Bertz CT molecular complexity index is 935. The number of nitrogens with one attached hydrogen (secondary N) is 2. The van der Waals surface area contributed by atoms with Crippen molar-refractivity contribution in [2.24, 2.45) is 0 Å². The molecule has 2 aromatic heterocycles. The molecule has 0 aliphatic carbocycles. The highest BCUT2D eigenvalue weighted by Crippen LogP contribution is 2.36. The number of halogens is 3. The summed E-state index contributed by atoms with van der Waals surface area (Å²) in [7, 11) is 0. The number of hydrogen-bond donors (Lipinski definition) is 2. The average Bonchev–Trinajstić information content (AvgIpc) is 3.05. The molecule has 3 rings (SSSR count). The number of thioether (sulfide) groups is 1. The summed E-state index contributed by atoms with van der Waals surface area (Å²) in [6, 6.07) is 9.08. The van der Waals surface area contributed by atoms with Gasteiger partial charge in [-0.2, -0.15) is 13.2 Å². The second kappa shape index (κ2) is 7.64. The number of imidazole rings is 1. The lowest BCUT2D eigenvalue weighted by Gasteiger charge is -2.11. The lowest BCUT2D eigenvalue weighted by Crippen LogP contribution is -2.10. The van der Waals surface area contributed by atoms with E-state index in [1.807, 2.05) is 26.2 Å². The van der Waals surface area contributed by atoms with Gasteiger partial charge in [-0.05, 0) is 44.4 Å². The van der Waals surface area contributed by atoms with Crippen LogP contribution in [0.25, 0.3) is 22.5 Å². The SMILES string of the molecule is CSc1nc(-c2cccc(C(F)(F)F)c2)c(-c2ccnc(NC(C)C)c2)[nH]1. The van der Waals surface area contributed by atoms with Crippen molar-refractivity contribution in [3.05, 3.63) is 48.2 Å². The van der Waals surface area contributed by atoms with Gasteiger partial charge in [0.1, 0.15) is 5.82 Å². The Labute approximate surface area is 159 Å². The molecule has 0 spiro atoms. The lowest BCUT2D eigenvalue weighted by molar-refractivity contribution is -0.137. The molecular formula is C19H19F3N4S. The molecule has 8 heteroatoms. The molecule has 0 bridgehead atoms. The van der Waals surface area contributed by atoms with Gasteiger partial charge in [0, 0.05) is 23.4 Å². The standard InChI is InChI=1S/C19H19F3N4S/c1-11(2)24-15-10-13(7-8-23-15)17-16(25-18(26-17)27-3)12-5-4-6-14(9-12)19(20,21)22/h4-11H,1-3H3,(H,23,24)(H,25,26). The zero-order chi connectivity index (χ0) is 19.6. The number of alkyl halides is 3. The molecule has 3 aromatic rings. The van der Waals surface area contributed by atoms with E-state index in [1.165, 1.54) is 17.8 Å². The average molecular weight is 392 g/mol. The van der Waals surface area contributed by atoms with Crippen molar-refractivity contribution in [3.63, 3.8) is 0 Å². The van der Waals surface area contributed by atoms with Crippen molar-refractivity contribution in [1.29, 1.82) is 0 Å². The fraction of sp³-hybridized carbons (Fsp3) is 0.263. The quantitative estimate of drug-likeness (QED) is 0.547. The van der Waals surface area contributed by atoms with Gasteiger partial charge in [0.2, 0.25) is 0 Å². The van der Waals surface area contributed by atoms with Crippen LogP contribution in [0.2, 0.25) is 0 Å². The highest BCUT2D eigenvalue weighted by Gasteiger charge is 2.31. The lowest BCUT2D eigenvalue weighted by atomic mass is 10.0. The van der Waals surface area contributed by atoms with Gasteiger partial charge in [0.05, 0.1) is 17.0 Å². The summed E-state index contributed by atoms with van der Waals surface area (Å²) in [4.78, 5) is 12.0. The number of nitrogens with zero attached hydrogens (tertiary/aromatic N) is 2. The van der Waals surface area contributed by atoms with Crippen molar-refractivity contribution in [3.8, 4) is 22.5 Å². The topological polar surface area (TPSA) is 53.6 Å². The number of anilines is 1. The second-order valence-electron chi connectivity index (χ2n) is 6.28. The number of hydrogen-bond acceptors (Lipinski definition) is 4. The van der Waals surface area contributed by atoms with Gasteiger partial charge in [-0.3, -0.25) is 0 Å². The zero-order valence-corrected chi connectivity index (χ0v) is 15.9. The third-order valence-electron chi connectivity index (χ3n) is 3.82. The molecule has 2 heterocycles. The number of rotatable bonds is 5. The van der Waals surface area contributed by atoms with Crippen LogP contribution in [0, 0.1) is 0 Å². The number of aromatic amines is 1. The number of benzene rings is 1. The summed E-state index contributed by atoms with van der Waals surface area (Å²) in [5.74, 6) is 0.692. The van der Waals surface area contributed by atoms with E-state index in [0.717, 1.165) is 17.7 Å². The predicted octanol–water partition coefficient (Wildman–Crippen LogP) is 5.70. The van der Waals surface area contributed by atoms with Crippen LogP contribution in [0.1, 0.15) is 19.4 Å². The Morgan fingerprint density at radius 3 is 2.56 bits per heavy atom. The second-order valence-corrected chi connectivity index (χ2v) is 7.07. The van der Waals surface area contributed by atoms with E-state index >= 15 is 0 Å². The first kappa shape index (κ1) is 19.3. The molecular weight excluding hydrogens is 373 g/mol. The van der Waals surface area contributed by atoms with E-state index in [9.17, 15) is 13.2 Å². The number of pyridine rings is 1. The molecule has 0 unspecified atom stereocenters. The van der Waals surface area contributed by atoms with Crippen LogP contribution < -0.4 is 5.32 Å². The Kier molecular flexibility index (Phi) is 5.46. The normalized spacial score (nSPS) is 11.8. The highest BCUT2D eigenvalue weighted by atomic mass is 32.2. The largest absolute Gasteiger partial charge is 0.416 e. The molecule has 2 N–H and O–H groups in total. The zero-order valence-electron chi connectivity index (χ0n) is 15.1. The third-order valence-corrected chi connectivity index (χ3v) is 4.40. The van der Waals surface area contributed by atoms with Crippen molar-refractivity contribution in [2.75, 3.05) is 11.6 Å². The summed E-state index contributed by atoms with van der Waals surface area (Å²) in [6.45, 7) is 4.01. The summed E-state index contributed by atoms with van der Waals surface area (Å²) >= 11 is 1.40. The van der Waals surface area contributed by atoms with E-state index in [0.29, 0.717) is 27.9 Å². The summed E-state index contributed by atoms with van der Waals surface area (Å²) in [5.41, 5.74) is 1.65. The fourth-order valence-electron chi connectivity index (χ4n) is 2.67. The molecule has 0 fully saturated rings. The molecule has 1 aromatic carbocycles. The van der Waals surface area contributed by atoms with Crippen LogP contribution >= 0.6 is 11.8 Å². The van der Waals surface area contributed by atoms with Crippen molar-refractivity contribution < 1.29 is 13.2 Å². The van der Waals surface area contributed by atoms with Crippen molar-refractivity contribution >= 4 is 17.6 Å². The maximum atomic E-state index is 13.1. The van der Waals surface area contributed by atoms with E-state index in [1.54, 1.807) is 18.3 Å². The molecule has 0 atom stereocenters. The Balaban J connectivity index is 2.10. The maximum Gasteiger partial charge on any atom is 0.416 e. The molecule has 142 valence electrons. The van der Waals surface area contributed by atoms with Gasteiger partial charge in [0.15, 0.2) is 5.16 Å². The first-order valence-corrected chi connectivity index (χ1v) is 9.55. The summed E-state index contributed by atoms with van der Waals surface area (Å²) in [5, 5.41) is 3.86. The van der Waals surface area contributed by atoms with Gasteiger partial charge in [0.25, 0.3) is 0 Å². The van der Waals surface area contributed by atoms with Gasteiger partial charge < -0.3 is 10.3 Å². The monoisotopic (exact) mass is 392 g/mol. The van der Waals surface area contributed by atoms with E-state index in [2.05, 4.69) is 20.3 Å². The molecule has 0 radical (unpaired) electrons. The molecule has 0 saturated carbocycles. The minimum atomic E-state index is -4.40. The van der Waals surface area contributed by atoms with Gasteiger partial charge in [-0.25, -0.2) is 9.97 Å². The van der Waals surface area contributed by atoms with Crippen molar-refractivity contribution in [1.82, 2.24) is 15.0 Å². The van der Waals surface area contributed by atoms with E-state index in [-0.39, 0.29) is 6.04 Å². The summed E-state index contributed by atoms with van der Waals surface area (Å²) < 4.78 is 39.3. The Hall–Kier alpha value is -2.48. The fourth-order valence-corrected chi connectivity index (χ4v) is 3.06. The molecule has 0 aliphatic rings. The first-order chi connectivity index (χ1) is 12.8. The van der Waals surface area contributed by atoms with Crippen LogP contribution in [0.3, 0.4) is 0 Å². The van der Waals surface area contributed by atoms with E-state index < -0.39 is 11.7 Å². The Morgan fingerprint density at radius 2 is 1.89 bits per heavy atom. The van der Waals surface area contributed by atoms with Crippen LogP contribution in [-0.2, 0) is 6.18 Å². The molecule has 0 aliphatic heterocycles. The molecule has 27 heavy (non-hydrogen) atoms. The molecule has 0 amide bonds. The van der Waals surface area contributed by atoms with Gasteiger partial charge >= 0.3 is 6.18 Å². The smallest absolute Gasteiger partial charge is 0.368 e. The third kappa shape index (κ3) is 4.44. The van der Waals surface area contributed by atoms with Crippen LogP contribution in [0.5, 0.6) is 0 Å². The van der Waals surface area contributed by atoms with Crippen LogP contribution in [0.4, 0.5) is 19.0 Å². The molecule has 0 saturated heterocycles. The van der Waals surface area contributed by atoms with Gasteiger partial charge in [-0.1, -0.05) is 23.9 Å². The number of H-pyrrole nitrogens is 1. The molecule has 4 nitrogen and oxygen atoms in total. The first-order valence-electron chi connectivity index (χ1n) is 8.32. The minimum absolute atomic E-state index is 0.208. The Morgan fingerprint density at radius 1 is 1.11 bits per heavy atom. The maximum absolute atomic E-state index is 13.1. The predicted molar refractivity (Wildman–Crippen MR) is 103 cm³/mol. The van der Waals surface area contributed by atoms with Crippen LogP contribution in [0.15, 0.2) is 47.8 Å². The van der Waals surface area contributed by atoms with Crippen molar-refractivity contribution in [2.45, 2.75) is 31.2 Å². The van der Waals surface area contributed by atoms with E-state index in [4.69, 9.17) is 0 Å². The highest BCUT2D eigenvalue weighted by molar-refractivity contribution is 7.98. The minimum Gasteiger partial charge on any atom is -0.368 e.